The van der Waals surface area contributed by atoms with E-state index in [0.29, 0.717) is 18.9 Å². The third kappa shape index (κ3) is 4.29. The summed E-state index contributed by atoms with van der Waals surface area (Å²) >= 11 is 0. The first-order chi connectivity index (χ1) is 9.67. The molecule has 0 saturated heterocycles. The van der Waals surface area contributed by atoms with Crippen LogP contribution in [-0.4, -0.2) is 32.9 Å². The molecule has 1 unspecified atom stereocenters. The number of aromatic nitrogens is 4. The van der Waals surface area contributed by atoms with E-state index in [1.807, 2.05) is 31.2 Å². The fraction of sp³-hybridized carbons (Fsp3) is 0.462. The summed E-state index contributed by atoms with van der Waals surface area (Å²) in [6.07, 6.45) is 1.39. The summed E-state index contributed by atoms with van der Waals surface area (Å²) in [7, 11) is 1.74. The highest BCUT2D eigenvalue weighted by atomic mass is 16.5. The van der Waals surface area contributed by atoms with Gasteiger partial charge < -0.3 is 4.74 Å². The van der Waals surface area contributed by atoms with Crippen molar-refractivity contribution in [3.05, 3.63) is 35.7 Å². The normalized spacial score (nSPS) is 12.3. The number of nitrogens with two attached hydrogens (primary N) is 1. The van der Waals surface area contributed by atoms with E-state index in [-0.39, 0.29) is 6.04 Å². The number of nitrogens with one attached hydrogen (secondary N) is 1. The van der Waals surface area contributed by atoms with Crippen molar-refractivity contribution in [2.24, 2.45) is 12.9 Å². The molecule has 2 aromatic rings. The van der Waals surface area contributed by atoms with Crippen molar-refractivity contribution in [3.8, 4) is 5.75 Å². The molecule has 1 aromatic heterocycles. The molecule has 0 radical (unpaired) electrons. The lowest BCUT2D eigenvalue weighted by atomic mass is 10.1. The molecular weight excluding hydrogens is 256 g/mol. The Morgan fingerprint density at radius 2 is 2.30 bits per heavy atom. The number of hydrazine groups is 1. The van der Waals surface area contributed by atoms with Crippen molar-refractivity contribution in [2.45, 2.75) is 25.8 Å². The summed E-state index contributed by atoms with van der Waals surface area (Å²) in [5.41, 5.74) is 3.94. The van der Waals surface area contributed by atoms with Crippen LogP contribution in [0, 0.1) is 6.92 Å². The van der Waals surface area contributed by atoms with Gasteiger partial charge in [0.05, 0.1) is 13.7 Å². The van der Waals surface area contributed by atoms with E-state index in [2.05, 4.69) is 20.8 Å². The smallest absolute Gasteiger partial charge is 0.176 e. The van der Waals surface area contributed by atoms with Crippen molar-refractivity contribution >= 4 is 0 Å². The molecule has 108 valence electrons. The molecule has 0 spiro atoms. The summed E-state index contributed by atoms with van der Waals surface area (Å²) in [5.74, 6) is 7.09. The zero-order chi connectivity index (χ0) is 14.4. The largest absolute Gasteiger partial charge is 0.494 e. The predicted molar refractivity (Wildman–Crippen MR) is 74.9 cm³/mol. The number of rotatable bonds is 7. The summed E-state index contributed by atoms with van der Waals surface area (Å²) < 4.78 is 5.70. The third-order valence-electron chi connectivity index (χ3n) is 2.94. The Hall–Kier alpha value is -1.99. The number of hydrogen-bond acceptors (Lipinski definition) is 6. The maximum absolute atomic E-state index is 5.70. The Morgan fingerprint density at radius 1 is 1.45 bits per heavy atom. The topological polar surface area (TPSA) is 90.9 Å². The van der Waals surface area contributed by atoms with Gasteiger partial charge in [-0.3, -0.25) is 11.3 Å². The first kappa shape index (κ1) is 14.4. The van der Waals surface area contributed by atoms with Gasteiger partial charge in [0, 0.05) is 12.5 Å². The van der Waals surface area contributed by atoms with Gasteiger partial charge in [-0.2, -0.15) is 4.80 Å². The highest BCUT2D eigenvalue weighted by Crippen LogP contribution is 2.13. The van der Waals surface area contributed by atoms with Gasteiger partial charge in [-0.05, 0) is 36.3 Å². The Balaban J connectivity index is 1.79. The van der Waals surface area contributed by atoms with Crippen molar-refractivity contribution in [1.82, 2.24) is 25.6 Å². The van der Waals surface area contributed by atoms with Gasteiger partial charge in [-0.25, -0.2) is 0 Å². The van der Waals surface area contributed by atoms with E-state index in [9.17, 15) is 0 Å². The van der Waals surface area contributed by atoms with Crippen molar-refractivity contribution in [2.75, 3.05) is 6.61 Å². The maximum Gasteiger partial charge on any atom is 0.176 e. The van der Waals surface area contributed by atoms with Crippen LogP contribution in [0.5, 0.6) is 5.75 Å². The first-order valence-electron chi connectivity index (χ1n) is 6.56. The van der Waals surface area contributed by atoms with Gasteiger partial charge in [-0.1, -0.05) is 12.1 Å². The minimum absolute atomic E-state index is 0.0593. The summed E-state index contributed by atoms with van der Waals surface area (Å²) in [5, 5.41) is 11.9. The highest BCUT2D eigenvalue weighted by molar-refractivity contribution is 5.27. The SMILES string of the molecule is Cc1cccc(OCCC(Cc2nnn(C)n2)NN)c1. The minimum atomic E-state index is 0.0593. The molecular formula is C13H20N6O. The molecule has 1 atom stereocenters. The second-order valence-electron chi connectivity index (χ2n) is 4.72. The highest BCUT2D eigenvalue weighted by Gasteiger charge is 2.11. The van der Waals surface area contributed by atoms with E-state index in [0.717, 1.165) is 12.2 Å². The first-order valence-corrected chi connectivity index (χ1v) is 6.56. The van der Waals surface area contributed by atoms with Gasteiger partial charge in [-0.15, -0.1) is 10.2 Å². The third-order valence-corrected chi connectivity index (χ3v) is 2.94. The van der Waals surface area contributed by atoms with Crippen LogP contribution in [0.3, 0.4) is 0 Å². The minimum Gasteiger partial charge on any atom is -0.494 e. The molecule has 0 bridgehead atoms. The number of ether oxygens (including phenoxy) is 1. The van der Waals surface area contributed by atoms with Crippen molar-refractivity contribution < 1.29 is 4.74 Å². The fourth-order valence-corrected chi connectivity index (χ4v) is 1.89. The van der Waals surface area contributed by atoms with Crippen LogP contribution in [0.25, 0.3) is 0 Å². The second-order valence-corrected chi connectivity index (χ2v) is 4.72. The second kappa shape index (κ2) is 6.97. The van der Waals surface area contributed by atoms with Gasteiger partial charge >= 0.3 is 0 Å². The maximum atomic E-state index is 5.70. The monoisotopic (exact) mass is 276 g/mol. The number of hydrogen-bond donors (Lipinski definition) is 2. The molecule has 20 heavy (non-hydrogen) atoms. The number of tetrazole rings is 1. The Morgan fingerprint density at radius 3 is 2.95 bits per heavy atom. The molecule has 7 heteroatoms. The van der Waals surface area contributed by atoms with Gasteiger partial charge in [0.1, 0.15) is 5.75 Å². The lowest BCUT2D eigenvalue weighted by molar-refractivity contribution is 0.284. The van der Waals surface area contributed by atoms with Crippen molar-refractivity contribution in [3.63, 3.8) is 0 Å². The lowest BCUT2D eigenvalue weighted by Gasteiger charge is -2.14. The van der Waals surface area contributed by atoms with E-state index in [1.54, 1.807) is 7.05 Å². The van der Waals surface area contributed by atoms with Crippen LogP contribution >= 0.6 is 0 Å². The molecule has 2 rings (SSSR count). The molecule has 0 amide bonds. The number of nitrogens with zero attached hydrogens (tertiary/aromatic N) is 4. The molecule has 1 heterocycles. The van der Waals surface area contributed by atoms with E-state index < -0.39 is 0 Å². The Bertz CT molecular complexity index is 541. The van der Waals surface area contributed by atoms with E-state index >= 15 is 0 Å². The van der Waals surface area contributed by atoms with Crippen molar-refractivity contribution in [1.29, 1.82) is 0 Å². The van der Waals surface area contributed by atoms with Crippen LogP contribution in [0.1, 0.15) is 17.8 Å². The molecule has 3 N–H and O–H groups in total. The lowest BCUT2D eigenvalue weighted by Crippen LogP contribution is -2.38. The average Bonchev–Trinajstić information content (AvgIpc) is 2.83. The summed E-state index contributed by atoms with van der Waals surface area (Å²) in [6, 6.07) is 8.03. The van der Waals surface area contributed by atoms with Gasteiger partial charge in [0.15, 0.2) is 5.82 Å². The van der Waals surface area contributed by atoms with E-state index in [4.69, 9.17) is 10.6 Å². The molecule has 0 aliphatic rings. The van der Waals surface area contributed by atoms with Gasteiger partial charge in [0.25, 0.3) is 0 Å². The molecule has 1 aromatic carbocycles. The fourth-order valence-electron chi connectivity index (χ4n) is 1.89. The molecule has 7 nitrogen and oxygen atoms in total. The predicted octanol–water partition coefficient (Wildman–Crippen LogP) is 0.362. The van der Waals surface area contributed by atoms with Crippen LogP contribution in [-0.2, 0) is 13.5 Å². The zero-order valence-electron chi connectivity index (χ0n) is 11.8. The van der Waals surface area contributed by atoms with E-state index in [1.165, 1.54) is 10.4 Å². The molecule has 0 fully saturated rings. The zero-order valence-corrected chi connectivity index (χ0v) is 11.8. The molecule has 0 saturated carbocycles. The standard InChI is InChI=1S/C13H20N6O/c1-10-4-3-5-12(8-10)20-7-6-11(15-14)9-13-16-18-19(2)17-13/h3-5,8,11,15H,6-7,9,14H2,1-2H3. The molecule has 0 aliphatic heterocycles. The summed E-state index contributed by atoms with van der Waals surface area (Å²) in [4.78, 5) is 1.44. The van der Waals surface area contributed by atoms with Crippen LogP contribution in [0.4, 0.5) is 0 Å². The van der Waals surface area contributed by atoms with Crippen LogP contribution in [0.15, 0.2) is 24.3 Å². The Labute approximate surface area is 118 Å². The number of benzene rings is 1. The number of aryl methyl sites for hydroxylation is 2. The Kier molecular flexibility index (Phi) is 5.03. The van der Waals surface area contributed by atoms with Crippen LogP contribution in [0.2, 0.25) is 0 Å². The molecule has 0 aliphatic carbocycles. The quantitative estimate of drug-likeness (QED) is 0.560. The summed E-state index contributed by atoms with van der Waals surface area (Å²) in [6.45, 7) is 2.62. The average molecular weight is 276 g/mol. The van der Waals surface area contributed by atoms with Gasteiger partial charge in [0.2, 0.25) is 0 Å². The van der Waals surface area contributed by atoms with Crippen LogP contribution < -0.4 is 16.0 Å².